The van der Waals surface area contributed by atoms with Gasteiger partial charge in [-0.1, -0.05) is 53.5 Å². The minimum atomic E-state index is -1.26. The number of esters is 1. The number of nitrogens with one attached hydrogen (secondary N) is 1. The molecule has 156 valence electrons. The van der Waals surface area contributed by atoms with Crippen molar-refractivity contribution in [2.75, 3.05) is 5.32 Å². The fraction of sp³-hybridized carbons (Fsp3) is 0.0952. The molecule has 0 saturated carbocycles. The number of fused-ring (bicyclic) bond motifs is 1. The normalized spacial score (nSPS) is 11.8. The number of rotatable bonds is 5. The van der Waals surface area contributed by atoms with Gasteiger partial charge in [-0.2, -0.15) is 4.98 Å². The fourth-order valence-electron chi connectivity index (χ4n) is 2.89. The molecule has 0 saturated heterocycles. The SMILES string of the molecule is Cc1ccnc2nc(C(=O)OC(C(=O)Nc3cc(Cl)cc(Cl)c3)c3ccccc3)nn12. The van der Waals surface area contributed by atoms with Gasteiger partial charge in [-0.05, 0) is 31.2 Å². The molecule has 4 rings (SSSR count). The number of anilines is 1. The lowest BCUT2D eigenvalue weighted by Crippen LogP contribution is -2.26. The Bertz CT molecular complexity index is 1260. The van der Waals surface area contributed by atoms with Crippen molar-refractivity contribution in [3.05, 3.63) is 87.9 Å². The van der Waals surface area contributed by atoms with Crippen molar-refractivity contribution in [1.29, 1.82) is 0 Å². The second kappa shape index (κ2) is 8.71. The van der Waals surface area contributed by atoms with Gasteiger partial charge in [0.05, 0.1) is 0 Å². The zero-order valence-electron chi connectivity index (χ0n) is 16.1. The van der Waals surface area contributed by atoms with E-state index in [-0.39, 0.29) is 11.6 Å². The topological polar surface area (TPSA) is 98.5 Å². The molecule has 1 atom stereocenters. The number of nitrogens with zero attached hydrogens (tertiary/aromatic N) is 4. The number of benzene rings is 2. The number of aryl methyl sites for hydroxylation is 1. The highest BCUT2D eigenvalue weighted by molar-refractivity contribution is 6.35. The van der Waals surface area contributed by atoms with Gasteiger partial charge < -0.3 is 10.1 Å². The molecule has 0 aliphatic rings. The average molecular weight is 456 g/mol. The summed E-state index contributed by atoms with van der Waals surface area (Å²) < 4.78 is 6.92. The van der Waals surface area contributed by atoms with Crippen molar-refractivity contribution < 1.29 is 14.3 Å². The molecule has 31 heavy (non-hydrogen) atoms. The van der Waals surface area contributed by atoms with E-state index < -0.39 is 18.0 Å². The third kappa shape index (κ3) is 4.65. The van der Waals surface area contributed by atoms with E-state index in [1.807, 2.05) is 0 Å². The van der Waals surface area contributed by atoms with Crippen LogP contribution in [0.3, 0.4) is 0 Å². The Balaban J connectivity index is 1.62. The van der Waals surface area contributed by atoms with Crippen LogP contribution in [0.1, 0.15) is 28.0 Å². The molecular formula is C21H15Cl2N5O3. The first-order valence-electron chi connectivity index (χ1n) is 9.12. The Labute approximate surface area is 186 Å². The van der Waals surface area contributed by atoms with Crippen LogP contribution in [0.5, 0.6) is 0 Å². The van der Waals surface area contributed by atoms with Gasteiger partial charge in [-0.15, -0.1) is 5.10 Å². The predicted octanol–water partition coefficient (Wildman–Crippen LogP) is 4.28. The maximum Gasteiger partial charge on any atom is 0.379 e. The van der Waals surface area contributed by atoms with E-state index in [0.29, 0.717) is 21.3 Å². The van der Waals surface area contributed by atoms with E-state index in [0.717, 1.165) is 5.69 Å². The second-order valence-electron chi connectivity index (χ2n) is 6.58. The maximum absolute atomic E-state index is 13.0. The minimum Gasteiger partial charge on any atom is -0.441 e. The van der Waals surface area contributed by atoms with E-state index in [9.17, 15) is 9.59 Å². The molecule has 2 aromatic carbocycles. The number of ether oxygens (including phenoxy) is 1. The second-order valence-corrected chi connectivity index (χ2v) is 7.45. The third-order valence-corrected chi connectivity index (χ3v) is 4.74. The van der Waals surface area contributed by atoms with Crippen LogP contribution in [0.25, 0.3) is 5.78 Å². The van der Waals surface area contributed by atoms with E-state index in [4.69, 9.17) is 27.9 Å². The number of aromatic nitrogens is 4. The summed E-state index contributed by atoms with van der Waals surface area (Å²) in [4.78, 5) is 33.9. The summed E-state index contributed by atoms with van der Waals surface area (Å²) in [5.41, 5.74) is 1.58. The monoisotopic (exact) mass is 455 g/mol. The summed E-state index contributed by atoms with van der Waals surface area (Å²) in [6.07, 6.45) is 0.303. The van der Waals surface area contributed by atoms with Crippen LogP contribution < -0.4 is 5.32 Å². The Hall–Kier alpha value is -3.49. The zero-order valence-corrected chi connectivity index (χ0v) is 17.6. The van der Waals surface area contributed by atoms with Crippen molar-refractivity contribution in [2.24, 2.45) is 0 Å². The maximum atomic E-state index is 13.0. The first-order chi connectivity index (χ1) is 14.9. The Kier molecular flexibility index (Phi) is 5.83. The van der Waals surface area contributed by atoms with Crippen LogP contribution in [0, 0.1) is 6.92 Å². The summed E-state index contributed by atoms with van der Waals surface area (Å²) in [6.45, 7) is 1.80. The fourth-order valence-corrected chi connectivity index (χ4v) is 3.41. The van der Waals surface area contributed by atoms with Gasteiger partial charge >= 0.3 is 5.97 Å². The molecule has 10 heteroatoms. The molecule has 0 radical (unpaired) electrons. The lowest BCUT2D eigenvalue weighted by Gasteiger charge is -2.17. The predicted molar refractivity (Wildman–Crippen MR) is 115 cm³/mol. The molecule has 0 bridgehead atoms. The lowest BCUT2D eigenvalue weighted by molar-refractivity contribution is -0.125. The van der Waals surface area contributed by atoms with Crippen LogP contribution in [0.15, 0.2) is 60.8 Å². The molecule has 1 unspecified atom stereocenters. The molecule has 2 heterocycles. The number of carbonyl (C=O) groups excluding carboxylic acids is 2. The number of amides is 1. The molecule has 4 aromatic rings. The van der Waals surface area contributed by atoms with E-state index in [1.54, 1.807) is 55.6 Å². The summed E-state index contributed by atoms with van der Waals surface area (Å²) in [5.74, 6) is -1.41. The molecule has 0 fully saturated rings. The van der Waals surface area contributed by atoms with E-state index in [1.165, 1.54) is 16.6 Å². The first-order valence-corrected chi connectivity index (χ1v) is 9.87. The van der Waals surface area contributed by atoms with Gasteiger partial charge in [0.2, 0.25) is 6.10 Å². The lowest BCUT2D eigenvalue weighted by atomic mass is 10.1. The Morgan fingerprint density at radius 3 is 2.45 bits per heavy atom. The molecule has 8 nitrogen and oxygen atoms in total. The molecule has 1 amide bonds. The molecule has 0 aliphatic carbocycles. The van der Waals surface area contributed by atoms with Crippen molar-refractivity contribution in [3.8, 4) is 0 Å². The minimum absolute atomic E-state index is 0.207. The number of hydrogen-bond donors (Lipinski definition) is 1. The van der Waals surface area contributed by atoms with Crippen LogP contribution in [-0.2, 0) is 9.53 Å². The molecule has 2 aromatic heterocycles. The van der Waals surface area contributed by atoms with Gasteiger partial charge in [0.25, 0.3) is 17.5 Å². The van der Waals surface area contributed by atoms with Gasteiger partial charge in [0.1, 0.15) is 0 Å². The summed E-state index contributed by atoms with van der Waals surface area (Å²) >= 11 is 12.0. The summed E-state index contributed by atoms with van der Waals surface area (Å²) in [7, 11) is 0. The first kappa shape index (κ1) is 20.8. The van der Waals surface area contributed by atoms with Crippen LogP contribution >= 0.6 is 23.2 Å². The number of carbonyl (C=O) groups is 2. The summed E-state index contributed by atoms with van der Waals surface area (Å²) in [6, 6.07) is 14.9. The van der Waals surface area contributed by atoms with Gasteiger partial charge in [-0.3, -0.25) is 4.79 Å². The van der Waals surface area contributed by atoms with E-state index in [2.05, 4.69) is 20.4 Å². The average Bonchev–Trinajstić information content (AvgIpc) is 3.17. The Morgan fingerprint density at radius 1 is 1.06 bits per heavy atom. The molecule has 1 N–H and O–H groups in total. The highest BCUT2D eigenvalue weighted by atomic mass is 35.5. The highest BCUT2D eigenvalue weighted by Crippen LogP contribution is 2.25. The zero-order chi connectivity index (χ0) is 22.0. The van der Waals surface area contributed by atoms with Crippen LogP contribution in [0.4, 0.5) is 5.69 Å². The van der Waals surface area contributed by atoms with Crippen molar-refractivity contribution in [3.63, 3.8) is 0 Å². The Morgan fingerprint density at radius 2 is 1.77 bits per heavy atom. The van der Waals surface area contributed by atoms with Gasteiger partial charge in [-0.25, -0.2) is 14.3 Å². The van der Waals surface area contributed by atoms with Crippen molar-refractivity contribution >= 4 is 46.5 Å². The van der Waals surface area contributed by atoms with Crippen LogP contribution in [0.2, 0.25) is 10.0 Å². The van der Waals surface area contributed by atoms with Crippen molar-refractivity contribution in [2.45, 2.75) is 13.0 Å². The summed E-state index contributed by atoms with van der Waals surface area (Å²) in [5, 5.41) is 7.51. The van der Waals surface area contributed by atoms with Crippen LogP contribution in [-0.4, -0.2) is 31.5 Å². The number of hydrogen-bond acceptors (Lipinski definition) is 6. The smallest absolute Gasteiger partial charge is 0.379 e. The molecule has 0 spiro atoms. The highest BCUT2D eigenvalue weighted by Gasteiger charge is 2.28. The standard InChI is InChI=1S/C21H15Cl2N5O3/c1-12-7-8-24-21-26-18(27-28(12)21)20(30)31-17(13-5-3-2-4-6-13)19(29)25-16-10-14(22)9-15(23)11-16/h2-11,17H,1H3,(H,25,29). The number of halogens is 2. The van der Waals surface area contributed by atoms with E-state index >= 15 is 0 Å². The quantitative estimate of drug-likeness (QED) is 0.451. The van der Waals surface area contributed by atoms with Crippen molar-refractivity contribution in [1.82, 2.24) is 19.6 Å². The molecule has 0 aliphatic heterocycles. The third-order valence-electron chi connectivity index (χ3n) is 4.31. The largest absolute Gasteiger partial charge is 0.441 e. The van der Waals surface area contributed by atoms with Gasteiger partial charge in [0, 0.05) is 33.2 Å². The molecular weight excluding hydrogens is 441 g/mol. The van der Waals surface area contributed by atoms with Gasteiger partial charge in [0.15, 0.2) is 0 Å².